The zero-order chi connectivity index (χ0) is 16.6. The minimum Gasteiger partial charge on any atom is -0.489 e. The number of carbonyl (C=O) groups is 1. The second-order valence-electron chi connectivity index (χ2n) is 6.52. The monoisotopic (exact) mass is 328 g/mol. The molecule has 0 saturated carbocycles. The topological polar surface area (TPSA) is 69.5 Å². The van der Waals surface area contributed by atoms with E-state index in [0.29, 0.717) is 25.3 Å². The first kappa shape index (κ1) is 15.1. The number of hydrogen-bond donors (Lipinski definition) is 0. The predicted octanol–water partition coefficient (Wildman–Crippen LogP) is 1.27. The van der Waals surface area contributed by atoms with Crippen LogP contribution in [0, 0.1) is 0 Å². The van der Waals surface area contributed by atoms with Crippen molar-refractivity contribution in [2.24, 2.45) is 7.05 Å². The smallest absolute Gasteiger partial charge is 0.257 e. The van der Waals surface area contributed by atoms with E-state index in [0.717, 1.165) is 18.6 Å². The first-order valence-corrected chi connectivity index (χ1v) is 8.12. The van der Waals surface area contributed by atoms with E-state index in [1.165, 1.54) is 0 Å². The molecule has 7 heteroatoms. The lowest BCUT2D eigenvalue weighted by molar-refractivity contribution is -0.173. The Hall–Kier alpha value is -2.41. The van der Waals surface area contributed by atoms with Crippen molar-refractivity contribution in [3.05, 3.63) is 42.5 Å². The molecule has 1 unspecified atom stereocenters. The lowest BCUT2D eigenvalue weighted by atomic mass is 9.84. The van der Waals surface area contributed by atoms with Gasteiger partial charge in [-0.15, -0.1) is 0 Å². The summed E-state index contributed by atoms with van der Waals surface area (Å²) >= 11 is 0. The Kier molecular flexibility index (Phi) is 3.72. The third kappa shape index (κ3) is 2.87. The average Bonchev–Trinajstić information content (AvgIpc) is 3.00. The maximum absolute atomic E-state index is 12.4. The van der Waals surface area contributed by atoms with Crippen molar-refractivity contribution in [2.45, 2.75) is 24.5 Å². The molecule has 126 valence electrons. The average molecular weight is 328 g/mol. The van der Waals surface area contributed by atoms with Crippen LogP contribution in [0.5, 0.6) is 5.75 Å². The Morgan fingerprint density at radius 1 is 1.42 bits per heavy atom. The Morgan fingerprint density at radius 2 is 2.29 bits per heavy atom. The number of rotatable bonds is 3. The summed E-state index contributed by atoms with van der Waals surface area (Å²) < 4.78 is 13.6. The first-order valence-electron chi connectivity index (χ1n) is 8.12. The van der Waals surface area contributed by atoms with Gasteiger partial charge in [0.05, 0.1) is 37.7 Å². The van der Waals surface area contributed by atoms with Gasteiger partial charge in [0, 0.05) is 32.3 Å². The molecule has 2 fully saturated rings. The molecular formula is C17H20N4O3. The summed E-state index contributed by atoms with van der Waals surface area (Å²) in [6.45, 7) is 1.86. The Bertz CT molecular complexity index is 724. The van der Waals surface area contributed by atoms with Gasteiger partial charge >= 0.3 is 0 Å². The van der Waals surface area contributed by atoms with Crippen molar-refractivity contribution >= 4 is 5.91 Å². The van der Waals surface area contributed by atoms with Crippen molar-refractivity contribution < 1.29 is 14.3 Å². The number of nitrogens with zero attached hydrogens (tertiary/aromatic N) is 4. The van der Waals surface area contributed by atoms with Gasteiger partial charge in [0.15, 0.2) is 0 Å². The van der Waals surface area contributed by atoms with E-state index in [9.17, 15) is 4.79 Å². The highest BCUT2D eigenvalue weighted by molar-refractivity contribution is 5.94. The first-order chi connectivity index (χ1) is 11.6. The number of ether oxygens (including phenoxy) is 2. The maximum Gasteiger partial charge on any atom is 0.257 e. The molecule has 2 aromatic rings. The van der Waals surface area contributed by atoms with Gasteiger partial charge in [0.1, 0.15) is 17.5 Å². The van der Waals surface area contributed by atoms with Crippen molar-refractivity contribution in [3.8, 4) is 5.75 Å². The van der Waals surface area contributed by atoms with Crippen LogP contribution in [0.1, 0.15) is 23.2 Å². The number of amides is 1. The molecule has 4 rings (SSSR count). The Labute approximate surface area is 140 Å². The van der Waals surface area contributed by atoms with E-state index in [1.807, 2.05) is 17.0 Å². The predicted molar refractivity (Wildman–Crippen MR) is 85.7 cm³/mol. The number of carbonyl (C=O) groups excluding carboxylic acids is 1. The highest BCUT2D eigenvalue weighted by Crippen LogP contribution is 2.36. The lowest BCUT2D eigenvalue weighted by Gasteiger charge is -2.52. The van der Waals surface area contributed by atoms with Crippen molar-refractivity contribution in [2.75, 3.05) is 19.7 Å². The molecule has 0 aliphatic carbocycles. The zero-order valence-electron chi connectivity index (χ0n) is 13.6. The minimum atomic E-state index is -0.275. The Balaban J connectivity index is 1.36. The summed E-state index contributed by atoms with van der Waals surface area (Å²) in [5.41, 5.74) is 0.342. The molecule has 2 aliphatic rings. The zero-order valence-corrected chi connectivity index (χ0v) is 13.6. The summed E-state index contributed by atoms with van der Waals surface area (Å²) in [5, 5.41) is 4.05. The van der Waals surface area contributed by atoms with E-state index >= 15 is 0 Å². The van der Waals surface area contributed by atoms with Crippen molar-refractivity contribution in [1.82, 2.24) is 19.7 Å². The number of hydrogen-bond acceptors (Lipinski definition) is 5. The quantitative estimate of drug-likeness (QED) is 0.849. The van der Waals surface area contributed by atoms with Gasteiger partial charge in [-0.2, -0.15) is 5.10 Å². The SMILES string of the molecule is Cn1cc(C(=O)N2CC3(CC(Oc4cccnc4)CCO3)C2)cn1. The van der Waals surface area contributed by atoms with Crippen LogP contribution in [0.3, 0.4) is 0 Å². The molecule has 2 saturated heterocycles. The van der Waals surface area contributed by atoms with Gasteiger partial charge < -0.3 is 14.4 Å². The van der Waals surface area contributed by atoms with Crippen LogP contribution >= 0.6 is 0 Å². The van der Waals surface area contributed by atoms with E-state index in [-0.39, 0.29) is 17.6 Å². The largest absolute Gasteiger partial charge is 0.489 e. The van der Waals surface area contributed by atoms with Crippen LogP contribution in [0.2, 0.25) is 0 Å². The highest BCUT2D eigenvalue weighted by Gasteiger charge is 2.50. The standard InChI is InChI=1S/C17H20N4O3/c1-20-10-13(8-19-20)16(22)21-11-17(12-21)7-14(4-6-23-17)24-15-3-2-5-18-9-15/h2-3,5,8-10,14H,4,6-7,11-12H2,1H3. The van der Waals surface area contributed by atoms with Crippen LogP contribution in [0.4, 0.5) is 0 Å². The molecule has 1 atom stereocenters. The molecule has 1 amide bonds. The summed E-state index contributed by atoms with van der Waals surface area (Å²) in [6.07, 6.45) is 8.53. The van der Waals surface area contributed by atoms with Gasteiger partial charge in [0.25, 0.3) is 5.91 Å². The van der Waals surface area contributed by atoms with Crippen molar-refractivity contribution in [3.63, 3.8) is 0 Å². The molecule has 2 aliphatic heterocycles. The number of aromatic nitrogens is 3. The molecule has 1 spiro atoms. The fraction of sp³-hybridized carbons (Fsp3) is 0.471. The maximum atomic E-state index is 12.4. The fourth-order valence-electron chi connectivity index (χ4n) is 3.42. The summed E-state index contributed by atoms with van der Waals surface area (Å²) in [7, 11) is 1.80. The molecule has 4 heterocycles. The fourth-order valence-corrected chi connectivity index (χ4v) is 3.42. The van der Waals surface area contributed by atoms with Gasteiger partial charge in [0.2, 0.25) is 0 Å². The second-order valence-corrected chi connectivity index (χ2v) is 6.52. The van der Waals surface area contributed by atoms with Gasteiger partial charge in [-0.25, -0.2) is 0 Å². The Morgan fingerprint density at radius 3 is 3.00 bits per heavy atom. The molecule has 2 aromatic heterocycles. The second kappa shape index (κ2) is 5.90. The number of likely N-dealkylation sites (tertiary alicyclic amines) is 1. The molecule has 0 radical (unpaired) electrons. The molecule has 0 N–H and O–H groups in total. The number of aryl methyl sites for hydroxylation is 1. The normalized spacial score (nSPS) is 22.2. The van der Waals surface area contributed by atoms with Crippen LogP contribution in [-0.2, 0) is 11.8 Å². The van der Waals surface area contributed by atoms with Gasteiger partial charge in [-0.1, -0.05) is 0 Å². The summed E-state index contributed by atoms with van der Waals surface area (Å²) in [5.74, 6) is 0.787. The van der Waals surface area contributed by atoms with E-state index in [4.69, 9.17) is 9.47 Å². The summed E-state index contributed by atoms with van der Waals surface area (Å²) in [4.78, 5) is 18.3. The minimum absolute atomic E-state index is 0.00706. The van der Waals surface area contributed by atoms with Gasteiger partial charge in [-0.05, 0) is 12.1 Å². The molecule has 0 aromatic carbocycles. The molecule has 24 heavy (non-hydrogen) atoms. The molecular weight excluding hydrogens is 308 g/mol. The van der Waals surface area contributed by atoms with E-state index < -0.39 is 0 Å². The van der Waals surface area contributed by atoms with Crippen molar-refractivity contribution in [1.29, 1.82) is 0 Å². The molecule has 0 bridgehead atoms. The number of pyridine rings is 1. The van der Waals surface area contributed by atoms with E-state index in [1.54, 1.807) is 36.5 Å². The van der Waals surface area contributed by atoms with Gasteiger partial charge in [-0.3, -0.25) is 14.5 Å². The highest BCUT2D eigenvalue weighted by atomic mass is 16.5. The van der Waals surface area contributed by atoms with Crippen LogP contribution < -0.4 is 4.74 Å². The molecule has 7 nitrogen and oxygen atoms in total. The van der Waals surface area contributed by atoms with Crippen LogP contribution in [-0.4, -0.2) is 57.0 Å². The van der Waals surface area contributed by atoms with Crippen LogP contribution in [0.15, 0.2) is 36.9 Å². The third-order valence-electron chi connectivity index (χ3n) is 4.58. The third-order valence-corrected chi connectivity index (χ3v) is 4.58. The lowest BCUT2D eigenvalue weighted by Crippen LogP contribution is -2.67. The summed E-state index contributed by atoms with van der Waals surface area (Å²) in [6, 6.07) is 3.77. The van der Waals surface area contributed by atoms with E-state index in [2.05, 4.69) is 10.1 Å². The van der Waals surface area contributed by atoms with Crippen LogP contribution in [0.25, 0.3) is 0 Å².